The molecule has 0 aliphatic carbocycles. The molecule has 2 unspecified atom stereocenters. The standard InChI is InChI=1S/C56H91NO8/c1-6-8-10-12-14-16-18-20-21-22-23-24-25-26-27-28-29-30-31-32-33-35-37-39-41-43-45-47-54(59)65-52(51-64-56(55(60)61)62-49-48-57(3,4)5)50-63-53(58)46-44-42-40-38-36-34-19-17-15-13-11-9-7-2/h8-11,14-17,20-21,23-24,26-27,34,36,40,42,52,56H,6-7,12-13,18-19,22,25,28-33,35,37-39,41,43-51H2,1-5H3/p+1/b10-8-,11-9-,16-14-,17-15-,21-20-,24-23-,27-26-,36-34-,42-40-. The van der Waals surface area contributed by atoms with Crippen LogP contribution in [-0.4, -0.2) is 87.4 Å². The molecule has 0 heterocycles. The number of hydrogen-bond acceptors (Lipinski definition) is 7. The van der Waals surface area contributed by atoms with E-state index in [4.69, 9.17) is 18.9 Å². The maximum atomic E-state index is 12.8. The smallest absolute Gasteiger partial charge is 0.361 e. The van der Waals surface area contributed by atoms with Crippen molar-refractivity contribution in [3.05, 3.63) is 109 Å². The highest BCUT2D eigenvalue weighted by molar-refractivity contribution is 5.71. The molecule has 1 N–H and O–H groups in total. The van der Waals surface area contributed by atoms with Crippen molar-refractivity contribution in [3.8, 4) is 0 Å². The van der Waals surface area contributed by atoms with Crippen LogP contribution in [0, 0.1) is 0 Å². The van der Waals surface area contributed by atoms with E-state index < -0.39 is 30.3 Å². The predicted molar refractivity (Wildman–Crippen MR) is 271 cm³/mol. The van der Waals surface area contributed by atoms with Crippen LogP contribution in [0.3, 0.4) is 0 Å². The number of unbranched alkanes of at least 4 members (excludes halogenated alkanes) is 11. The number of hydrogen-bond donors (Lipinski definition) is 1. The maximum Gasteiger partial charge on any atom is 0.361 e. The first kappa shape index (κ1) is 60.9. The summed E-state index contributed by atoms with van der Waals surface area (Å²) in [6.07, 6.45) is 60.4. The second-order valence-electron chi connectivity index (χ2n) is 17.4. The first-order valence-electron chi connectivity index (χ1n) is 25.1. The Morgan fingerprint density at radius 1 is 0.462 bits per heavy atom. The van der Waals surface area contributed by atoms with Crippen LogP contribution in [0.25, 0.3) is 0 Å². The van der Waals surface area contributed by atoms with Crippen molar-refractivity contribution in [2.75, 3.05) is 47.5 Å². The SMILES string of the molecule is CC/C=C\C/C=C\C/C=C\C/C=C\C/C=C\CCCCCCCCCCCCCC(=O)OC(COC(=O)CC/C=C\C/C=C\C/C=C\C/C=C\CC)COC(OCC[N+](C)(C)C)C(=O)O. The van der Waals surface area contributed by atoms with Crippen molar-refractivity contribution in [2.24, 2.45) is 0 Å². The van der Waals surface area contributed by atoms with Crippen LogP contribution in [0.4, 0.5) is 0 Å². The number of esters is 2. The van der Waals surface area contributed by atoms with Crippen LogP contribution in [0.5, 0.6) is 0 Å². The molecule has 0 fully saturated rings. The molecule has 0 amide bonds. The summed E-state index contributed by atoms with van der Waals surface area (Å²) in [7, 11) is 5.93. The van der Waals surface area contributed by atoms with Crippen molar-refractivity contribution in [3.63, 3.8) is 0 Å². The number of carboxylic acids is 1. The van der Waals surface area contributed by atoms with Gasteiger partial charge in [-0.15, -0.1) is 0 Å². The summed E-state index contributed by atoms with van der Waals surface area (Å²) < 4.78 is 22.7. The lowest BCUT2D eigenvalue weighted by Gasteiger charge is -2.25. The van der Waals surface area contributed by atoms with E-state index in [2.05, 4.69) is 111 Å². The van der Waals surface area contributed by atoms with E-state index in [1.54, 1.807) is 0 Å². The lowest BCUT2D eigenvalue weighted by molar-refractivity contribution is -0.870. The van der Waals surface area contributed by atoms with E-state index in [0.717, 1.165) is 83.5 Å². The van der Waals surface area contributed by atoms with Gasteiger partial charge in [-0.25, -0.2) is 4.79 Å². The van der Waals surface area contributed by atoms with E-state index in [1.807, 2.05) is 33.3 Å². The van der Waals surface area contributed by atoms with Gasteiger partial charge >= 0.3 is 17.9 Å². The molecule has 0 saturated carbocycles. The number of likely N-dealkylation sites (N-methyl/N-ethyl adjacent to an activating group) is 1. The largest absolute Gasteiger partial charge is 0.477 e. The predicted octanol–water partition coefficient (Wildman–Crippen LogP) is 14.0. The zero-order chi connectivity index (χ0) is 47.7. The minimum absolute atomic E-state index is 0.171. The summed E-state index contributed by atoms with van der Waals surface area (Å²) in [5.74, 6) is -2.13. The molecule has 2 atom stereocenters. The van der Waals surface area contributed by atoms with Gasteiger partial charge in [0.1, 0.15) is 13.2 Å². The minimum atomic E-state index is -1.53. The maximum absolute atomic E-state index is 12.8. The number of carbonyl (C=O) groups excluding carboxylic acids is 2. The molecule has 0 rings (SSSR count). The van der Waals surface area contributed by atoms with Gasteiger partial charge in [0, 0.05) is 12.8 Å². The molecule has 0 spiro atoms. The molecule has 9 nitrogen and oxygen atoms in total. The molecule has 0 radical (unpaired) electrons. The van der Waals surface area contributed by atoms with Gasteiger partial charge in [-0.05, 0) is 83.5 Å². The van der Waals surface area contributed by atoms with Gasteiger partial charge in [-0.1, -0.05) is 181 Å². The topological polar surface area (TPSA) is 108 Å². The minimum Gasteiger partial charge on any atom is -0.477 e. The fraction of sp³-hybridized carbons (Fsp3) is 0.625. The second-order valence-corrected chi connectivity index (χ2v) is 17.4. The number of nitrogens with zero attached hydrogens (tertiary/aromatic N) is 1. The Morgan fingerprint density at radius 3 is 1.29 bits per heavy atom. The highest BCUT2D eigenvalue weighted by atomic mass is 16.7. The third-order valence-electron chi connectivity index (χ3n) is 10.0. The summed E-state index contributed by atoms with van der Waals surface area (Å²) >= 11 is 0. The van der Waals surface area contributed by atoms with E-state index in [1.165, 1.54) is 44.9 Å². The number of rotatable bonds is 44. The molecule has 368 valence electrons. The lowest BCUT2D eigenvalue weighted by atomic mass is 10.0. The summed E-state index contributed by atoms with van der Waals surface area (Å²) in [6.45, 7) is 4.53. The Bertz CT molecular complexity index is 1430. The molecule has 0 saturated heterocycles. The lowest BCUT2D eigenvalue weighted by Crippen LogP contribution is -2.40. The van der Waals surface area contributed by atoms with Gasteiger partial charge in [0.15, 0.2) is 6.10 Å². The van der Waals surface area contributed by atoms with Gasteiger partial charge in [-0.2, -0.15) is 0 Å². The summed E-state index contributed by atoms with van der Waals surface area (Å²) in [4.78, 5) is 37.2. The van der Waals surface area contributed by atoms with E-state index in [0.29, 0.717) is 23.9 Å². The highest BCUT2D eigenvalue weighted by Gasteiger charge is 2.25. The van der Waals surface area contributed by atoms with Gasteiger partial charge in [0.05, 0.1) is 34.4 Å². The molecular formula is C56H92NO8+. The Balaban J connectivity index is 4.35. The average molecular weight is 907 g/mol. The van der Waals surface area contributed by atoms with E-state index >= 15 is 0 Å². The Kier molecular flexibility index (Phi) is 43.6. The van der Waals surface area contributed by atoms with Gasteiger partial charge in [0.2, 0.25) is 0 Å². The normalized spacial score (nSPS) is 13.8. The number of quaternary nitrogens is 1. The van der Waals surface area contributed by atoms with Gasteiger partial charge in [-0.3, -0.25) is 9.59 Å². The molecule has 0 aromatic carbocycles. The monoisotopic (exact) mass is 907 g/mol. The van der Waals surface area contributed by atoms with E-state index in [9.17, 15) is 19.5 Å². The molecule has 0 aliphatic rings. The molecule has 0 aromatic rings. The average Bonchev–Trinajstić information content (AvgIpc) is 3.27. The Morgan fingerprint density at radius 2 is 0.862 bits per heavy atom. The van der Waals surface area contributed by atoms with Crippen LogP contribution >= 0.6 is 0 Å². The van der Waals surface area contributed by atoms with Crippen molar-refractivity contribution in [1.82, 2.24) is 0 Å². The first-order chi connectivity index (χ1) is 31.6. The summed E-state index contributed by atoms with van der Waals surface area (Å²) in [5.41, 5.74) is 0. The molecule has 9 heteroatoms. The van der Waals surface area contributed by atoms with E-state index in [-0.39, 0.29) is 32.7 Å². The van der Waals surface area contributed by atoms with Crippen LogP contribution in [0.2, 0.25) is 0 Å². The number of allylic oxidation sites excluding steroid dienone is 18. The van der Waals surface area contributed by atoms with Crippen LogP contribution in [0.1, 0.15) is 168 Å². The number of carboxylic acid groups (broad SMARTS) is 1. The fourth-order valence-corrected chi connectivity index (χ4v) is 6.23. The van der Waals surface area contributed by atoms with Crippen molar-refractivity contribution in [1.29, 1.82) is 0 Å². The molecule has 0 aliphatic heterocycles. The Hall–Kier alpha value is -4.05. The van der Waals surface area contributed by atoms with Gasteiger partial charge in [0.25, 0.3) is 6.29 Å². The first-order valence-corrected chi connectivity index (χ1v) is 25.1. The highest BCUT2D eigenvalue weighted by Crippen LogP contribution is 2.14. The number of ether oxygens (including phenoxy) is 4. The fourth-order valence-electron chi connectivity index (χ4n) is 6.23. The van der Waals surface area contributed by atoms with Crippen LogP contribution in [0.15, 0.2) is 109 Å². The van der Waals surface area contributed by atoms with Crippen LogP contribution in [-0.2, 0) is 33.3 Å². The Labute approximate surface area is 396 Å². The summed E-state index contributed by atoms with van der Waals surface area (Å²) in [5, 5.41) is 9.65. The number of carbonyl (C=O) groups is 3. The van der Waals surface area contributed by atoms with Gasteiger partial charge < -0.3 is 28.5 Å². The molecular weight excluding hydrogens is 815 g/mol. The number of aliphatic carboxylic acids is 1. The molecule has 0 bridgehead atoms. The quantitative estimate of drug-likeness (QED) is 0.0212. The van der Waals surface area contributed by atoms with Crippen LogP contribution < -0.4 is 0 Å². The second kappa shape index (κ2) is 46.5. The third kappa shape index (κ3) is 47.7. The molecule has 65 heavy (non-hydrogen) atoms. The molecule has 0 aromatic heterocycles. The summed E-state index contributed by atoms with van der Waals surface area (Å²) in [6, 6.07) is 0. The zero-order valence-electron chi connectivity index (χ0n) is 41.6. The van der Waals surface area contributed by atoms with Crippen molar-refractivity contribution >= 4 is 17.9 Å². The van der Waals surface area contributed by atoms with Crippen molar-refractivity contribution < 1.29 is 42.9 Å². The third-order valence-corrected chi connectivity index (χ3v) is 10.0. The van der Waals surface area contributed by atoms with Crippen molar-refractivity contribution in [2.45, 2.75) is 180 Å². The zero-order valence-corrected chi connectivity index (χ0v) is 41.6.